The normalized spacial score (nSPS) is 19.4. The number of halogens is 6. The highest BCUT2D eigenvalue weighted by Gasteiger charge is 2.42. The van der Waals surface area contributed by atoms with E-state index in [9.17, 15) is 31.4 Å². The first-order chi connectivity index (χ1) is 14.9. The van der Waals surface area contributed by atoms with Crippen LogP contribution in [0.4, 0.5) is 26.3 Å². The van der Waals surface area contributed by atoms with E-state index in [2.05, 4.69) is 17.0 Å². The minimum absolute atomic E-state index is 0.0201. The molecule has 1 aromatic carbocycles. The molecule has 2 aromatic heterocycles. The van der Waals surface area contributed by atoms with Gasteiger partial charge in [0.2, 0.25) is 0 Å². The van der Waals surface area contributed by atoms with Crippen molar-refractivity contribution >= 4 is 11.8 Å². The zero-order chi connectivity index (χ0) is 23.1. The van der Waals surface area contributed by atoms with Crippen LogP contribution >= 0.6 is 11.8 Å². The molecule has 168 valence electrons. The Morgan fingerprint density at radius 1 is 1.03 bits per heavy atom. The van der Waals surface area contributed by atoms with Crippen LogP contribution < -0.4 is 0 Å². The summed E-state index contributed by atoms with van der Waals surface area (Å²) in [6, 6.07) is 7.11. The fraction of sp³-hybridized carbons (Fsp3) is 0.333. The fourth-order valence-electron chi connectivity index (χ4n) is 3.75. The van der Waals surface area contributed by atoms with Gasteiger partial charge < -0.3 is 5.11 Å². The van der Waals surface area contributed by atoms with Crippen LogP contribution in [0.15, 0.2) is 46.5 Å². The molecule has 2 aliphatic rings. The number of rotatable bonds is 2. The van der Waals surface area contributed by atoms with Gasteiger partial charge in [0, 0.05) is 16.7 Å². The van der Waals surface area contributed by atoms with Gasteiger partial charge in [-0.2, -0.15) is 31.4 Å². The van der Waals surface area contributed by atoms with Gasteiger partial charge in [0.1, 0.15) is 11.1 Å². The number of fused-ring (bicyclic) bond motifs is 2. The van der Waals surface area contributed by atoms with E-state index in [0.717, 1.165) is 42.4 Å². The summed E-state index contributed by atoms with van der Waals surface area (Å²) in [5, 5.41) is 14.2. The summed E-state index contributed by atoms with van der Waals surface area (Å²) < 4.78 is 80.5. The first-order valence-electron chi connectivity index (χ1n) is 9.62. The van der Waals surface area contributed by atoms with E-state index in [0.29, 0.717) is 21.2 Å². The Bertz CT molecular complexity index is 1230. The molecule has 0 bridgehead atoms. The van der Waals surface area contributed by atoms with Crippen molar-refractivity contribution in [1.82, 2.24) is 14.8 Å². The number of aliphatic hydroxyl groups is 1. The van der Waals surface area contributed by atoms with Crippen molar-refractivity contribution in [3.63, 3.8) is 0 Å². The van der Waals surface area contributed by atoms with Crippen LogP contribution in [0, 0.1) is 0 Å². The summed E-state index contributed by atoms with van der Waals surface area (Å²) in [4.78, 5) is 4.29. The molecule has 1 atom stereocenters. The predicted octanol–water partition coefficient (Wildman–Crippen LogP) is 5.90. The van der Waals surface area contributed by atoms with E-state index in [1.165, 1.54) is 0 Å². The molecule has 1 aliphatic heterocycles. The van der Waals surface area contributed by atoms with E-state index in [4.69, 9.17) is 0 Å². The highest BCUT2D eigenvalue weighted by Crippen LogP contribution is 2.51. The largest absolute Gasteiger partial charge is 0.435 e. The van der Waals surface area contributed by atoms with Gasteiger partial charge in [0.15, 0.2) is 11.4 Å². The van der Waals surface area contributed by atoms with E-state index in [-0.39, 0.29) is 16.0 Å². The number of aliphatic hydroxyl groups excluding tert-OH is 1. The SMILES string of the molecule is CC1(c2ccc3c(c2)C(O)c2cc(-n4ccc(C(F)(F)F)n4)c(C(F)(F)F)nc2S3)CC1. The molecule has 0 radical (unpaired) electrons. The lowest BCUT2D eigenvalue weighted by Gasteiger charge is -2.26. The third-order valence-electron chi connectivity index (χ3n) is 5.89. The van der Waals surface area contributed by atoms with Crippen molar-refractivity contribution in [2.75, 3.05) is 0 Å². The highest BCUT2D eigenvalue weighted by atomic mass is 32.2. The smallest absolute Gasteiger partial charge is 0.384 e. The molecule has 0 amide bonds. The maximum Gasteiger partial charge on any atom is 0.435 e. The van der Waals surface area contributed by atoms with Gasteiger partial charge in [-0.15, -0.1) is 0 Å². The summed E-state index contributed by atoms with van der Waals surface area (Å²) >= 11 is 0.989. The highest BCUT2D eigenvalue weighted by molar-refractivity contribution is 7.99. The minimum Gasteiger partial charge on any atom is -0.384 e. The number of pyridine rings is 1. The molecule has 32 heavy (non-hydrogen) atoms. The summed E-state index contributed by atoms with van der Waals surface area (Å²) in [5.74, 6) is 0. The molecule has 0 spiro atoms. The number of benzene rings is 1. The van der Waals surface area contributed by atoms with Crippen LogP contribution in [0.1, 0.15) is 53.9 Å². The van der Waals surface area contributed by atoms with Gasteiger partial charge in [0.25, 0.3) is 0 Å². The first-order valence-corrected chi connectivity index (χ1v) is 10.4. The quantitative estimate of drug-likeness (QED) is 0.473. The second-order valence-electron chi connectivity index (χ2n) is 8.21. The molecular formula is C21H15F6N3OS. The van der Waals surface area contributed by atoms with Gasteiger partial charge in [-0.3, -0.25) is 0 Å². The van der Waals surface area contributed by atoms with Gasteiger partial charge in [-0.25, -0.2) is 9.67 Å². The Balaban J connectivity index is 1.64. The van der Waals surface area contributed by atoms with Gasteiger partial charge in [0.05, 0.1) is 5.69 Å². The lowest BCUT2D eigenvalue weighted by atomic mass is 9.93. The molecule has 3 heterocycles. The monoisotopic (exact) mass is 471 g/mol. The van der Waals surface area contributed by atoms with Crippen LogP contribution in [0.2, 0.25) is 0 Å². The maximum absolute atomic E-state index is 13.7. The molecule has 1 aliphatic carbocycles. The minimum atomic E-state index is -4.94. The number of nitrogens with zero attached hydrogens (tertiary/aromatic N) is 3. The number of hydrogen-bond acceptors (Lipinski definition) is 4. The standard InChI is InChI=1S/C21H15F6N3OS/c1-19(5-6-19)10-2-3-14-11(8-10)16(31)12-9-13(17(21(25,26)27)28-18(12)32-14)30-7-4-15(29-30)20(22,23)24/h2-4,7-9,16,31H,5-6H2,1H3. The Morgan fingerprint density at radius 3 is 2.34 bits per heavy atom. The van der Waals surface area contributed by atoms with E-state index >= 15 is 0 Å². The summed E-state index contributed by atoms with van der Waals surface area (Å²) in [7, 11) is 0. The summed E-state index contributed by atoms with van der Waals surface area (Å²) in [6.45, 7) is 2.09. The lowest BCUT2D eigenvalue weighted by molar-refractivity contribution is -0.141. The Morgan fingerprint density at radius 2 is 1.75 bits per heavy atom. The summed E-state index contributed by atoms with van der Waals surface area (Å²) in [5.41, 5.74) is -1.71. The van der Waals surface area contributed by atoms with E-state index < -0.39 is 35.5 Å². The average molecular weight is 471 g/mol. The van der Waals surface area contributed by atoms with Gasteiger partial charge >= 0.3 is 12.4 Å². The molecule has 3 aromatic rings. The third-order valence-corrected chi connectivity index (χ3v) is 7.00. The Hall–Kier alpha value is -2.53. The van der Waals surface area contributed by atoms with Crippen LogP contribution in [-0.4, -0.2) is 19.9 Å². The maximum atomic E-state index is 13.7. The van der Waals surface area contributed by atoms with Crippen molar-refractivity contribution in [2.24, 2.45) is 0 Å². The molecule has 5 rings (SSSR count). The van der Waals surface area contributed by atoms with Crippen molar-refractivity contribution in [3.05, 3.63) is 64.6 Å². The second-order valence-corrected chi connectivity index (χ2v) is 9.24. The predicted molar refractivity (Wildman–Crippen MR) is 103 cm³/mol. The average Bonchev–Trinajstić information content (AvgIpc) is 3.25. The van der Waals surface area contributed by atoms with E-state index in [1.807, 2.05) is 12.1 Å². The van der Waals surface area contributed by atoms with Crippen molar-refractivity contribution in [1.29, 1.82) is 0 Å². The molecule has 1 N–H and O–H groups in total. The van der Waals surface area contributed by atoms with Crippen molar-refractivity contribution < 1.29 is 31.4 Å². The second kappa shape index (κ2) is 6.74. The summed E-state index contributed by atoms with van der Waals surface area (Å²) in [6.07, 6.45) is -8.21. The number of hydrogen-bond donors (Lipinski definition) is 1. The lowest BCUT2D eigenvalue weighted by Crippen LogP contribution is -2.19. The Kier molecular flexibility index (Phi) is 4.49. The van der Waals surface area contributed by atoms with Crippen LogP contribution in [-0.2, 0) is 17.8 Å². The van der Waals surface area contributed by atoms with Gasteiger partial charge in [-0.05, 0) is 47.6 Å². The van der Waals surface area contributed by atoms with E-state index in [1.54, 1.807) is 6.07 Å². The molecule has 11 heteroatoms. The molecule has 0 saturated heterocycles. The molecule has 1 saturated carbocycles. The number of aromatic nitrogens is 3. The van der Waals surface area contributed by atoms with Crippen LogP contribution in [0.25, 0.3) is 5.69 Å². The molecule has 4 nitrogen and oxygen atoms in total. The van der Waals surface area contributed by atoms with Crippen LogP contribution in [0.5, 0.6) is 0 Å². The zero-order valence-corrected chi connectivity index (χ0v) is 17.2. The third kappa shape index (κ3) is 3.47. The first kappa shape index (κ1) is 21.3. The topological polar surface area (TPSA) is 50.9 Å². The van der Waals surface area contributed by atoms with Crippen molar-refractivity contribution in [2.45, 2.75) is 53.6 Å². The Labute approximate surface area is 182 Å². The molecule has 1 unspecified atom stereocenters. The molecule has 1 fully saturated rings. The zero-order valence-electron chi connectivity index (χ0n) is 16.4. The number of alkyl halides is 6. The van der Waals surface area contributed by atoms with Crippen molar-refractivity contribution in [3.8, 4) is 5.69 Å². The van der Waals surface area contributed by atoms with Crippen LogP contribution in [0.3, 0.4) is 0 Å². The molecular weight excluding hydrogens is 456 g/mol. The fourth-order valence-corrected chi connectivity index (χ4v) is 4.81. The van der Waals surface area contributed by atoms with Gasteiger partial charge in [-0.1, -0.05) is 30.8 Å².